The Morgan fingerprint density at radius 2 is 2.00 bits per heavy atom. The lowest BCUT2D eigenvalue weighted by atomic mass is 10.3. The standard InChI is InChI=1S/C12H21NO2S/c1-4-14-12(15-5-2)9-13-10(3)11-7-6-8-16-11/h6-8,10,12-13H,4-5,9H2,1-3H3/t10-/m1/s1. The van der Waals surface area contributed by atoms with Gasteiger partial charge in [0.25, 0.3) is 0 Å². The topological polar surface area (TPSA) is 30.5 Å². The zero-order valence-corrected chi connectivity index (χ0v) is 11.0. The molecular weight excluding hydrogens is 222 g/mol. The highest BCUT2D eigenvalue weighted by molar-refractivity contribution is 7.10. The average molecular weight is 243 g/mol. The van der Waals surface area contributed by atoms with Crippen LogP contribution in [0.5, 0.6) is 0 Å². The molecule has 0 amide bonds. The van der Waals surface area contributed by atoms with E-state index >= 15 is 0 Å². The maximum Gasteiger partial charge on any atom is 0.169 e. The van der Waals surface area contributed by atoms with E-state index in [0.29, 0.717) is 19.3 Å². The van der Waals surface area contributed by atoms with E-state index in [1.165, 1.54) is 4.88 Å². The molecule has 1 heterocycles. The molecule has 0 aromatic carbocycles. The summed E-state index contributed by atoms with van der Waals surface area (Å²) in [6.07, 6.45) is -0.141. The molecule has 1 atom stereocenters. The Balaban J connectivity index is 2.30. The highest BCUT2D eigenvalue weighted by atomic mass is 32.1. The van der Waals surface area contributed by atoms with Crippen molar-refractivity contribution in [1.29, 1.82) is 0 Å². The molecule has 16 heavy (non-hydrogen) atoms. The van der Waals surface area contributed by atoms with E-state index in [-0.39, 0.29) is 6.29 Å². The first-order valence-electron chi connectivity index (χ1n) is 5.77. The van der Waals surface area contributed by atoms with Gasteiger partial charge in [0.15, 0.2) is 6.29 Å². The fraction of sp³-hybridized carbons (Fsp3) is 0.667. The van der Waals surface area contributed by atoms with Gasteiger partial charge in [0.05, 0.1) is 0 Å². The van der Waals surface area contributed by atoms with Crippen LogP contribution in [0, 0.1) is 0 Å². The predicted molar refractivity (Wildman–Crippen MR) is 67.8 cm³/mol. The molecule has 0 radical (unpaired) electrons. The Morgan fingerprint density at radius 3 is 2.50 bits per heavy atom. The van der Waals surface area contributed by atoms with Crippen LogP contribution in [0.15, 0.2) is 17.5 Å². The van der Waals surface area contributed by atoms with Crippen LogP contribution < -0.4 is 5.32 Å². The van der Waals surface area contributed by atoms with Gasteiger partial charge in [-0.05, 0) is 32.2 Å². The lowest BCUT2D eigenvalue weighted by molar-refractivity contribution is -0.133. The fourth-order valence-electron chi connectivity index (χ4n) is 1.45. The molecule has 92 valence electrons. The first-order chi connectivity index (χ1) is 7.77. The minimum absolute atomic E-state index is 0.141. The smallest absolute Gasteiger partial charge is 0.169 e. The van der Waals surface area contributed by atoms with Crippen LogP contribution in [0.4, 0.5) is 0 Å². The zero-order chi connectivity index (χ0) is 11.8. The molecular formula is C12H21NO2S. The van der Waals surface area contributed by atoms with Crippen molar-refractivity contribution >= 4 is 11.3 Å². The summed E-state index contributed by atoms with van der Waals surface area (Å²) < 4.78 is 10.9. The number of ether oxygens (including phenoxy) is 2. The summed E-state index contributed by atoms with van der Waals surface area (Å²) in [6.45, 7) is 8.20. The van der Waals surface area contributed by atoms with Gasteiger partial charge in [-0.3, -0.25) is 0 Å². The lowest BCUT2D eigenvalue weighted by Crippen LogP contribution is -2.32. The average Bonchev–Trinajstić information content (AvgIpc) is 2.79. The molecule has 0 fully saturated rings. The molecule has 0 bridgehead atoms. The molecule has 0 unspecified atom stereocenters. The van der Waals surface area contributed by atoms with E-state index in [9.17, 15) is 0 Å². The molecule has 0 saturated heterocycles. The van der Waals surface area contributed by atoms with Crippen molar-refractivity contribution < 1.29 is 9.47 Å². The van der Waals surface area contributed by atoms with Crippen LogP contribution in [-0.4, -0.2) is 26.0 Å². The van der Waals surface area contributed by atoms with Crippen LogP contribution in [0.1, 0.15) is 31.7 Å². The Kier molecular flexibility index (Phi) is 6.64. The third kappa shape index (κ3) is 4.61. The van der Waals surface area contributed by atoms with Crippen LogP contribution in [0.3, 0.4) is 0 Å². The number of hydrogen-bond acceptors (Lipinski definition) is 4. The minimum Gasteiger partial charge on any atom is -0.352 e. The van der Waals surface area contributed by atoms with Crippen molar-refractivity contribution in [3.63, 3.8) is 0 Å². The summed E-state index contributed by atoms with van der Waals surface area (Å²) >= 11 is 1.77. The van der Waals surface area contributed by atoms with Crippen molar-refractivity contribution in [3.05, 3.63) is 22.4 Å². The van der Waals surface area contributed by atoms with Crippen molar-refractivity contribution in [3.8, 4) is 0 Å². The minimum atomic E-state index is -0.141. The van der Waals surface area contributed by atoms with E-state index in [1.807, 2.05) is 13.8 Å². The first-order valence-corrected chi connectivity index (χ1v) is 6.65. The molecule has 1 aromatic heterocycles. The fourth-order valence-corrected chi connectivity index (χ4v) is 2.21. The van der Waals surface area contributed by atoms with Crippen LogP contribution >= 0.6 is 11.3 Å². The van der Waals surface area contributed by atoms with Crippen LogP contribution in [0.2, 0.25) is 0 Å². The summed E-state index contributed by atoms with van der Waals surface area (Å²) in [4.78, 5) is 1.34. The van der Waals surface area contributed by atoms with Gasteiger partial charge in [0.1, 0.15) is 0 Å². The monoisotopic (exact) mass is 243 g/mol. The van der Waals surface area contributed by atoms with Crippen LogP contribution in [-0.2, 0) is 9.47 Å². The number of thiophene rings is 1. The van der Waals surface area contributed by atoms with E-state index in [0.717, 1.165) is 6.54 Å². The molecule has 0 aliphatic rings. The summed E-state index contributed by atoms with van der Waals surface area (Å²) in [5.41, 5.74) is 0. The molecule has 0 aliphatic carbocycles. The van der Waals surface area contributed by atoms with Gasteiger partial charge in [-0.1, -0.05) is 6.07 Å². The Hall–Kier alpha value is -0.420. The van der Waals surface area contributed by atoms with Gasteiger partial charge >= 0.3 is 0 Å². The van der Waals surface area contributed by atoms with Crippen molar-refractivity contribution in [2.24, 2.45) is 0 Å². The second kappa shape index (κ2) is 7.79. The molecule has 1 aromatic rings. The van der Waals surface area contributed by atoms with Crippen molar-refractivity contribution in [1.82, 2.24) is 5.32 Å². The van der Waals surface area contributed by atoms with Gasteiger partial charge in [-0.2, -0.15) is 0 Å². The van der Waals surface area contributed by atoms with E-state index in [2.05, 4.69) is 29.8 Å². The summed E-state index contributed by atoms with van der Waals surface area (Å²) in [6, 6.07) is 4.56. The molecule has 0 aliphatic heterocycles. The van der Waals surface area contributed by atoms with Gasteiger partial charge in [-0.25, -0.2) is 0 Å². The zero-order valence-electron chi connectivity index (χ0n) is 10.2. The molecule has 1 rings (SSSR count). The van der Waals surface area contributed by atoms with Crippen LogP contribution in [0.25, 0.3) is 0 Å². The molecule has 4 heteroatoms. The van der Waals surface area contributed by atoms with E-state index < -0.39 is 0 Å². The molecule has 0 saturated carbocycles. The summed E-state index contributed by atoms with van der Waals surface area (Å²) in [7, 11) is 0. The second-order valence-electron chi connectivity index (χ2n) is 3.49. The summed E-state index contributed by atoms with van der Waals surface area (Å²) in [5.74, 6) is 0. The Labute approximate surface area is 102 Å². The van der Waals surface area contributed by atoms with Crippen molar-refractivity contribution in [2.75, 3.05) is 19.8 Å². The normalized spacial score (nSPS) is 13.2. The van der Waals surface area contributed by atoms with Crippen molar-refractivity contribution in [2.45, 2.75) is 33.1 Å². The quantitative estimate of drug-likeness (QED) is 0.712. The van der Waals surface area contributed by atoms with Gasteiger partial charge < -0.3 is 14.8 Å². The highest BCUT2D eigenvalue weighted by Crippen LogP contribution is 2.17. The molecule has 1 N–H and O–H groups in total. The third-order valence-electron chi connectivity index (χ3n) is 2.27. The van der Waals surface area contributed by atoms with E-state index in [1.54, 1.807) is 11.3 Å². The molecule has 3 nitrogen and oxygen atoms in total. The SMILES string of the molecule is CCOC(CN[C@H](C)c1cccs1)OCC. The third-order valence-corrected chi connectivity index (χ3v) is 3.32. The maximum absolute atomic E-state index is 5.47. The Bertz CT molecular complexity index is 258. The first kappa shape index (κ1) is 13.6. The lowest BCUT2D eigenvalue weighted by Gasteiger charge is -2.20. The Morgan fingerprint density at radius 1 is 1.31 bits per heavy atom. The number of rotatable bonds is 8. The second-order valence-corrected chi connectivity index (χ2v) is 4.46. The molecule has 0 spiro atoms. The summed E-state index contributed by atoms with van der Waals surface area (Å²) in [5, 5.41) is 5.51. The number of nitrogens with one attached hydrogen (secondary N) is 1. The largest absolute Gasteiger partial charge is 0.352 e. The van der Waals surface area contributed by atoms with E-state index in [4.69, 9.17) is 9.47 Å². The van der Waals surface area contributed by atoms with Gasteiger partial charge in [0, 0.05) is 30.7 Å². The highest BCUT2D eigenvalue weighted by Gasteiger charge is 2.11. The van der Waals surface area contributed by atoms with Gasteiger partial charge in [0.2, 0.25) is 0 Å². The predicted octanol–water partition coefficient (Wildman–Crippen LogP) is 2.80. The van der Waals surface area contributed by atoms with Gasteiger partial charge in [-0.15, -0.1) is 11.3 Å². The number of hydrogen-bond donors (Lipinski definition) is 1. The maximum atomic E-state index is 5.47.